The summed E-state index contributed by atoms with van der Waals surface area (Å²) in [7, 11) is 0. The quantitative estimate of drug-likeness (QED) is 0.252. The van der Waals surface area contributed by atoms with Gasteiger partial charge in [0.2, 0.25) is 5.96 Å². The Morgan fingerprint density at radius 1 is 1.09 bits per heavy atom. The molecule has 0 aromatic heterocycles. The van der Waals surface area contributed by atoms with E-state index in [0.717, 1.165) is 24.1 Å². The fourth-order valence-electron chi connectivity index (χ4n) is 1.88. The number of hydrogen-bond acceptors (Lipinski definition) is 4. The van der Waals surface area contributed by atoms with Crippen molar-refractivity contribution < 1.29 is 9.53 Å². The number of carbonyl (C=O) groups is 1. The number of guanidine groups is 1. The van der Waals surface area contributed by atoms with E-state index >= 15 is 0 Å². The molecule has 0 unspecified atom stereocenters. The molecular formula is C16H24N4O2. The first-order valence-electron chi connectivity index (χ1n) is 7.39. The number of esters is 1. The van der Waals surface area contributed by atoms with Crippen molar-refractivity contribution in [3.8, 4) is 0 Å². The van der Waals surface area contributed by atoms with Crippen molar-refractivity contribution in [2.24, 2.45) is 21.7 Å². The molecule has 0 amide bonds. The molecule has 0 atom stereocenters. The van der Waals surface area contributed by atoms with Crippen molar-refractivity contribution in [1.82, 2.24) is 0 Å². The third-order valence-corrected chi connectivity index (χ3v) is 2.80. The van der Waals surface area contributed by atoms with Crippen LogP contribution in [0.3, 0.4) is 0 Å². The number of rotatable bonds is 8. The van der Waals surface area contributed by atoms with Gasteiger partial charge in [-0.3, -0.25) is 4.79 Å². The SMILES string of the molecule is CC(C)OC(=O)CCCC/C(=N\N=C(N)N)c1ccccc1. The summed E-state index contributed by atoms with van der Waals surface area (Å²) in [5.74, 6) is -0.244. The molecule has 0 radical (unpaired) electrons. The summed E-state index contributed by atoms with van der Waals surface area (Å²) in [6.45, 7) is 3.68. The van der Waals surface area contributed by atoms with E-state index in [1.807, 2.05) is 44.2 Å². The van der Waals surface area contributed by atoms with E-state index in [1.54, 1.807) is 0 Å². The number of hydrogen-bond donors (Lipinski definition) is 2. The zero-order chi connectivity index (χ0) is 16.4. The van der Waals surface area contributed by atoms with E-state index in [9.17, 15) is 4.79 Å². The minimum absolute atomic E-state index is 0.0733. The molecule has 1 rings (SSSR count). The Labute approximate surface area is 131 Å². The third kappa shape index (κ3) is 7.42. The molecule has 0 heterocycles. The monoisotopic (exact) mass is 304 g/mol. The van der Waals surface area contributed by atoms with Gasteiger partial charge in [0.05, 0.1) is 11.8 Å². The van der Waals surface area contributed by atoms with Crippen molar-refractivity contribution in [2.75, 3.05) is 0 Å². The predicted octanol–water partition coefficient (Wildman–Crippen LogP) is 2.18. The van der Waals surface area contributed by atoms with E-state index < -0.39 is 0 Å². The first-order valence-corrected chi connectivity index (χ1v) is 7.39. The van der Waals surface area contributed by atoms with Gasteiger partial charge in [0.25, 0.3) is 0 Å². The van der Waals surface area contributed by atoms with Gasteiger partial charge in [-0.05, 0) is 38.7 Å². The van der Waals surface area contributed by atoms with E-state index in [4.69, 9.17) is 16.2 Å². The van der Waals surface area contributed by atoms with Crippen LogP contribution in [0.2, 0.25) is 0 Å². The summed E-state index contributed by atoms with van der Waals surface area (Å²) in [5, 5.41) is 7.82. The van der Waals surface area contributed by atoms with E-state index in [0.29, 0.717) is 12.8 Å². The van der Waals surface area contributed by atoms with Gasteiger partial charge in [-0.2, -0.15) is 5.10 Å². The minimum Gasteiger partial charge on any atom is -0.463 e. The highest BCUT2D eigenvalue weighted by Crippen LogP contribution is 2.10. The fraction of sp³-hybridized carbons (Fsp3) is 0.438. The molecule has 22 heavy (non-hydrogen) atoms. The average molecular weight is 304 g/mol. The maximum Gasteiger partial charge on any atom is 0.306 e. The summed E-state index contributed by atoms with van der Waals surface area (Å²) in [6, 6.07) is 9.70. The van der Waals surface area contributed by atoms with Crippen molar-refractivity contribution >= 4 is 17.6 Å². The van der Waals surface area contributed by atoms with Crippen LogP contribution in [0, 0.1) is 0 Å². The predicted molar refractivity (Wildman–Crippen MR) is 88.5 cm³/mol. The topological polar surface area (TPSA) is 103 Å². The summed E-state index contributed by atoms with van der Waals surface area (Å²) in [6.07, 6.45) is 2.56. The molecule has 0 spiro atoms. The van der Waals surface area contributed by atoms with Crippen molar-refractivity contribution in [3.63, 3.8) is 0 Å². The number of ether oxygens (including phenoxy) is 1. The second kappa shape index (κ2) is 9.55. The van der Waals surface area contributed by atoms with Gasteiger partial charge < -0.3 is 16.2 Å². The maximum atomic E-state index is 11.5. The molecule has 6 nitrogen and oxygen atoms in total. The Kier molecular flexibility index (Phi) is 7.67. The lowest BCUT2D eigenvalue weighted by Crippen LogP contribution is -2.22. The van der Waals surface area contributed by atoms with Gasteiger partial charge in [0.1, 0.15) is 0 Å². The Bertz CT molecular complexity index is 520. The van der Waals surface area contributed by atoms with Gasteiger partial charge in [0.15, 0.2) is 0 Å². The second-order valence-electron chi connectivity index (χ2n) is 5.18. The van der Waals surface area contributed by atoms with Crippen LogP contribution in [0.4, 0.5) is 0 Å². The van der Waals surface area contributed by atoms with Crippen LogP contribution in [0.1, 0.15) is 45.1 Å². The zero-order valence-electron chi connectivity index (χ0n) is 13.2. The first-order chi connectivity index (χ1) is 10.5. The summed E-state index contributed by atoms with van der Waals surface area (Å²) in [5.41, 5.74) is 12.4. The Morgan fingerprint density at radius 2 is 1.73 bits per heavy atom. The smallest absolute Gasteiger partial charge is 0.306 e. The van der Waals surface area contributed by atoms with Crippen LogP contribution >= 0.6 is 0 Å². The third-order valence-electron chi connectivity index (χ3n) is 2.80. The Morgan fingerprint density at radius 3 is 2.32 bits per heavy atom. The van der Waals surface area contributed by atoms with Crippen LogP contribution in [0.5, 0.6) is 0 Å². The minimum atomic E-state index is -0.169. The van der Waals surface area contributed by atoms with Crippen LogP contribution in [0.15, 0.2) is 40.5 Å². The molecule has 0 bridgehead atoms. The van der Waals surface area contributed by atoms with Crippen LogP contribution < -0.4 is 11.5 Å². The fourth-order valence-corrected chi connectivity index (χ4v) is 1.88. The van der Waals surface area contributed by atoms with Crippen molar-refractivity contribution in [1.29, 1.82) is 0 Å². The van der Waals surface area contributed by atoms with Gasteiger partial charge >= 0.3 is 5.97 Å². The number of nitrogens with zero attached hydrogens (tertiary/aromatic N) is 2. The van der Waals surface area contributed by atoms with E-state index in [1.165, 1.54) is 0 Å². The van der Waals surface area contributed by atoms with E-state index in [2.05, 4.69) is 10.2 Å². The summed E-state index contributed by atoms with van der Waals surface area (Å²) >= 11 is 0. The Balaban J connectivity index is 2.55. The molecule has 4 N–H and O–H groups in total. The largest absolute Gasteiger partial charge is 0.463 e. The average Bonchev–Trinajstić information content (AvgIpc) is 2.46. The van der Waals surface area contributed by atoms with Gasteiger partial charge in [-0.25, -0.2) is 0 Å². The molecule has 1 aromatic carbocycles. The van der Waals surface area contributed by atoms with E-state index in [-0.39, 0.29) is 18.0 Å². The molecule has 0 fully saturated rings. The van der Waals surface area contributed by atoms with Crippen molar-refractivity contribution in [3.05, 3.63) is 35.9 Å². The molecule has 1 aromatic rings. The highest BCUT2D eigenvalue weighted by molar-refractivity contribution is 6.00. The van der Waals surface area contributed by atoms with Crippen LogP contribution in [-0.4, -0.2) is 23.7 Å². The molecule has 6 heteroatoms. The van der Waals surface area contributed by atoms with Crippen LogP contribution in [0.25, 0.3) is 0 Å². The highest BCUT2D eigenvalue weighted by Gasteiger charge is 2.07. The lowest BCUT2D eigenvalue weighted by molar-refractivity contribution is -0.147. The number of nitrogens with two attached hydrogens (primary N) is 2. The number of benzene rings is 1. The standard InChI is InChI=1S/C16H24N4O2/c1-12(2)22-15(21)11-7-6-10-14(19-20-16(17)18)13-8-4-3-5-9-13/h3-5,8-9,12H,6-7,10-11H2,1-2H3,(H4,17,18,20)/b19-14+. The number of carbonyl (C=O) groups excluding carboxylic acids is 1. The van der Waals surface area contributed by atoms with Gasteiger partial charge in [-0.1, -0.05) is 30.3 Å². The molecule has 0 aliphatic carbocycles. The Hall–Kier alpha value is -2.37. The molecule has 0 aliphatic rings. The van der Waals surface area contributed by atoms with Gasteiger partial charge in [-0.15, -0.1) is 5.10 Å². The van der Waals surface area contributed by atoms with Gasteiger partial charge in [0, 0.05) is 6.42 Å². The maximum absolute atomic E-state index is 11.5. The molecular weight excluding hydrogens is 280 g/mol. The molecule has 120 valence electrons. The molecule has 0 aliphatic heterocycles. The zero-order valence-corrected chi connectivity index (χ0v) is 13.2. The lowest BCUT2D eigenvalue weighted by atomic mass is 10.0. The summed E-state index contributed by atoms with van der Waals surface area (Å²) < 4.78 is 5.10. The molecule has 0 saturated carbocycles. The van der Waals surface area contributed by atoms with Crippen LogP contribution in [-0.2, 0) is 9.53 Å². The van der Waals surface area contributed by atoms with Crippen molar-refractivity contribution in [2.45, 2.75) is 45.6 Å². The molecule has 0 saturated heterocycles. The lowest BCUT2D eigenvalue weighted by Gasteiger charge is -2.08. The second-order valence-corrected chi connectivity index (χ2v) is 5.18. The normalized spacial score (nSPS) is 11.3. The summed E-state index contributed by atoms with van der Waals surface area (Å²) in [4.78, 5) is 11.5. The number of unbranched alkanes of at least 4 members (excludes halogenated alkanes) is 1. The first kappa shape index (κ1) is 17.7. The highest BCUT2D eigenvalue weighted by atomic mass is 16.5.